The van der Waals surface area contributed by atoms with Crippen molar-refractivity contribution in [3.05, 3.63) is 0 Å². The predicted molar refractivity (Wildman–Crippen MR) is 360 cm³/mol. The van der Waals surface area contributed by atoms with E-state index in [0.29, 0.717) is 0 Å². The van der Waals surface area contributed by atoms with Gasteiger partial charge in [0.25, 0.3) is 25.9 Å². The van der Waals surface area contributed by atoms with Crippen molar-refractivity contribution in [3.63, 3.8) is 0 Å². The van der Waals surface area contributed by atoms with Gasteiger partial charge < -0.3 is 143 Å². The van der Waals surface area contributed by atoms with Crippen LogP contribution in [0.15, 0.2) is 0 Å². The Morgan fingerprint density at radius 2 is 0.660 bits per heavy atom. The molecule has 4 aliphatic rings. The molecule has 0 saturated carbocycles. The third-order valence-corrected chi connectivity index (χ3v) is 17.8. The van der Waals surface area contributed by atoms with Crippen LogP contribution >= 0.6 is 47.0 Å². The first-order valence-corrected chi connectivity index (χ1v) is 36.1. The van der Waals surface area contributed by atoms with E-state index in [9.17, 15) is 109 Å². The number of nitrogens with one attached hydrogen (secondary N) is 2. The van der Waals surface area contributed by atoms with Gasteiger partial charge in [-0.3, -0.25) is 47.9 Å². The van der Waals surface area contributed by atoms with Crippen LogP contribution in [0.25, 0.3) is 0 Å². The molecule has 4 rings (SSSR count). The summed E-state index contributed by atoms with van der Waals surface area (Å²) in [4.78, 5) is 104. The monoisotopic (exact) mass is 1530 g/mol. The second kappa shape index (κ2) is 52.4. The van der Waals surface area contributed by atoms with Gasteiger partial charge in [0, 0.05) is 72.4 Å². The number of primary amides is 4. The molecule has 0 aliphatic carbocycles. The molecule has 4 heterocycles. The average molecular weight is 1530 g/mol. The minimum absolute atomic E-state index is 0.0185. The Morgan fingerprint density at radius 1 is 0.450 bits per heavy atom. The molecule has 0 spiro atoms. The number of hydrogen-bond acceptors (Lipinski definition) is 36. The van der Waals surface area contributed by atoms with E-state index in [2.05, 4.69) is 29.6 Å². The van der Waals surface area contributed by atoms with Crippen molar-refractivity contribution in [3.8, 4) is 0 Å². The highest BCUT2D eigenvalue weighted by molar-refractivity contribution is 7.99. The van der Waals surface area contributed by atoms with Gasteiger partial charge in [-0.1, -0.05) is 41.5 Å². The van der Waals surface area contributed by atoms with Gasteiger partial charge in [0.2, 0.25) is 35.4 Å². The molecular formula is C58H110N6O32S4. The second-order valence-electron chi connectivity index (χ2n) is 23.3. The third kappa shape index (κ3) is 41.0. The van der Waals surface area contributed by atoms with Crippen molar-refractivity contribution in [2.75, 3.05) is 61.2 Å². The molecule has 4 aliphatic heterocycles. The van der Waals surface area contributed by atoms with Crippen molar-refractivity contribution in [2.45, 2.75) is 204 Å². The number of rotatable bonds is 28. The number of ether oxygens (including phenoxy) is 8. The Bertz CT molecular complexity index is 2150. The molecule has 24 N–H and O–H groups in total. The molecule has 24 unspecified atom stereocenters. The van der Waals surface area contributed by atoms with Crippen LogP contribution in [0.3, 0.4) is 0 Å². The van der Waals surface area contributed by atoms with Crippen molar-refractivity contribution >= 4 is 108 Å². The van der Waals surface area contributed by atoms with Crippen molar-refractivity contribution < 1.29 is 157 Å². The molecule has 6 amide bonds. The van der Waals surface area contributed by atoms with Gasteiger partial charge >= 0.3 is 23.9 Å². The lowest BCUT2D eigenvalue weighted by Gasteiger charge is -2.43. The smallest absolute Gasteiger partial charge is 0.329 e. The first kappa shape index (κ1) is 102. The average Bonchev–Trinajstić information content (AvgIpc) is 0.830. The zero-order chi connectivity index (χ0) is 78.8. The fraction of sp³-hybridized carbons (Fsp3) is 0.828. The Kier molecular flexibility index (Phi) is 53.3. The van der Waals surface area contributed by atoms with E-state index in [0.717, 1.165) is 23.0 Å². The van der Waals surface area contributed by atoms with Crippen molar-refractivity contribution in [1.29, 1.82) is 0 Å². The summed E-state index contributed by atoms with van der Waals surface area (Å²) < 4.78 is 37.4. The maximum Gasteiger partial charge on any atom is 0.329 e. The highest BCUT2D eigenvalue weighted by Crippen LogP contribution is 2.36. The quantitative estimate of drug-likeness (QED) is 0.0197. The summed E-state index contributed by atoms with van der Waals surface area (Å²) in [6, 6.07) is -1.29. The predicted octanol–water partition coefficient (Wildman–Crippen LogP) is -6.55. The topological polar surface area (TPSA) is 656 Å². The minimum atomic E-state index is -2.35. The molecule has 4 fully saturated rings. The van der Waals surface area contributed by atoms with Crippen LogP contribution in [-0.4, -0.2) is 303 Å². The Balaban J connectivity index is -0.000000540. The van der Waals surface area contributed by atoms with Gasteiger partial charge in [-0.2, -0.15) is 47.0 Å². The summed E-state index contributed by atoms with van der Waals surface area (Å²) in [7, 11) is 0. The molecule has 4 saturated heterocycles. The zero-order valence-corrected chi connectivity index (χ0v) is 61.7. The van der Waals surface area contributed by atoms with Crippen LogP contribution in [0.5, 0.6) is 0 Å². The normalized spacial score (nSPS) is 31.1. The standard InChI is InChI=1S/2C10H18O8.2C9H15NO6.4C5H11NOS/c2*1-5-6(13)2-10(16,17-4-12)18-9(5)8(15)7(14)3-11;2*1-5-8(10-6(2)12)7(13)3-9(14,16-5)15-4-11;4*1-4(3-8-2)5(6)7/h2*4-9,11,13-16H,2-3H2,1H3;2*4-5,7-8,13-14H,3H2,1-2H3,(H,10,12);4*4H,3H2,1-2H3,(H2,6,7). The largest absolute Gasteiger partial charge is 0.410 e. The molecule has 0 aromatic rings. The molecule has 24 atom stereocenters. The van der Waals surface area contributed by atoms with Crippen LogP contribution < -0.4 is 33.6 Å². The number of aliphatic hydroxyl groups excluding tert-OH is 10. The van der Waals surface area contributed by atoms with Gasteiger partial charge in [-0.05, 0) is 38.9 Å². The molecule has 0 aromatic heterocycles. The molecule has 100 heavy (non-hydrogen) atoms. The van der Waals surface area contributed by atoms with Crippen molar-refractivity contribution in [2.24, 2.45) is 58.4 Å². The van der Waals surface area contributed by atoms with E-state index < -0.39 is 134 Å². The molecule has 0 aromatic carbocycles. The fourth-order valence-electron chi connectivity index (χ4n) is 8.55. The van der Waals surface area contributed by atoms with E-state index in [4.69, 9.17) is 52.1 Å². The second-order valence-corrected chi connectivity index (χ2v) is 26.9. The molecule has 0 bridgehead atoms. The van der Waals surface area contributed by atoms with Gasteiger partial charge in [0.05, 0.1) is 99.8 Å². The summed E-state index contributed by atoms with van der Waals surface area (Å²) in [6.07, 6.45) is -7.69. The first-order chi connectivity index (χ1) is 46.2. The van der Waals surface area contributed by atoms with Crippen LogP contribution in [0.2, 0.25) is 0 Å². The van der Waals surface area contributed by atoms with E-state index in [-0.39, 0.29) is 111 Å². The number of thioether (sulfide) groups is 4. The molecular weight excluding hydrogens is 1420 g/mol. The number of hydrogen-bond donors (Lipinski definition) is 20. The number of carbonyl (C=O) groups excluding carboxylic acids is 10. The lowest BCUT2D eigenvalue weighted by Crippen LogP contribution is -2.60. The highest BCUT2D eigenvalue weighted by atomic mass is 32.2. The molecule has 0 radical (unpaired) electrons. The summed E-state index contributed by atoms with van der Waals surface area (Å²) in [5.41, 5.74) is 19.9. The summed E-state index contributed by atoms with van der Waals surface area (Å²) in [5, 5.41) is 138. The van der Waals surface area contributed by atoms with Crippen LogP contribution in [0, 0.1) is 35.5 Å². The summed E-state index contributed by atoms with van der Waals surface area (Å²) in [5.74, 6) is -8.30. The summed E-state index contributed by atoms with van der Waals surface area (Å²) >= 11 is 6.55. The first-order valence-electron chi connectivity index (χ1n) is 30.6. The van der Waals surface area contributed by atoms with E-state index in [1.807, 2.05) is 52.7 Å². The fourth-order valence-corrected chi connectivity index (χ4v) is 11.2. The Morgan fingerprint density at radius 3 is 0.820 bits per heavy atom. The van der Waals surface area contributed by atoms with Gasteiger partial charge in [-0.15, -0.1) is 0 Å². The van der Waals surface area contributed by atoms with Gasteiger partial charge in [0.1, 0.15) is 24.4 Å². The van der Waals surface area contributed by atoms with Crippen molar-refractivity contribution in [1.82, 2.24) is 10.6 Å². The molecule has 38 nitrogen and oxygen atoms in total. The Labute approximate surface area is 597 Å². The number of aliphatic hydroxyl groups is 14. The van der Waals surface area contributed by atoms with E-state index in [1.54, 1.807) is 60.9 Å². The number of amides is 6. The SMILES string of the molecule is CC(=O)NC1C(O)CC(O)(OC=O)OC1C.CC(=O)NC1C(O)CC(O)(OC=O)OC1C.CC1C(O)CC(O)(OC=O)OC1C(O)C(O)CO.CC1C(O)CC(O)(OC=O)OC1C(O)C(O)CO.CSCC(C)C(N)=O.CSCC(C)C(N)=O.CSCC(C)C(N)=O.CSCC(C)C(N)=O. The number of carbonyl (C=O) groups is 10. The lowest BCUT2D eigenvalue weighted by molar-refractivity contribution is -0.399. The van der Waals surface area contributed by atoms with E-state index in [1.165, 1.54) is 27.7 Å². The zero-order valence-electron chi connectivity index (χ0n) is 58.5. The van der Waals surface area contributed by atoms with Gasteiger partial charge in [0.15, 0.2) is 0 Å². The number of nitrogens with two attached hydrogens (primary N) is 4. The maximum atomic E-state index is 10.9. The van der Waals surface area contributed by atoms with Crippen LogP contribution in [0.4, 0.5) is 0 Å². The van der Waals surface area contributed by atoms with Crippen LogP contribution in [0.1, 0.15) is 94.9 Å². The third-order valence-electron chi connectivity index (χ3n) is 14.5. The lowest BCUT2D eigenvalue weighted by atomic mass is 9.87. The highest BCUT2D eigenvalue weighted by Gasteiger charge is 2.52. The van der Waals surface area contributed by atoms with Gasteiger partial charge in [-0.25, -0.2) is 0 Å². The Hall–Kier alpha value is -4.62. The molecule has 42 heteroatoms. The summed E-state index contributed by atoms with van der Waals surface area (Å²) in [6.45, 7) is 14.7. The minimum Gasteiger partial charge on any atom is -0.410 e. The molecule has 588 valence electrons. The maximum absolute atomic E-state index is 10.9. The van der Waals surface area contributed by atoms with E-state index >= 15 is 0 Å². The van der Waals surface area contributed by atoms with Crippen LogP contribution in [-0.2, 0) is 85.8 Å².